The van der Waals surface area contributed by atoms with Crippen molar-refractivity contribution in [2.24, 2.45) is 0 Å². The van der Waals surface area contributed by atoms with Crippen LogP contribution in [0.2, 0.25) is 0 Å². The second-order valence-electron chi connectivity index (χ2n) is 7.85. The normalized spacial score (nSPS) is 12.7. The van der Waals surface area contributed by atoms with Gasteiger partial charge in [0.1, 0.15) is 6.54 Å². The SMILES string of the molecule is Cc1cccc(NS(=O)(=O)c2ccc(NC(=O)CN(c3ccc4c(c3)OCO4)S(C)(=O)=O)cc2)c1. The number of anilines is 3. The molecule has 184 valence electrons. The zero-order valence-electron chi connectivity index (χ0n) is 18.9. The molecule has 2 N–H and O–H groups in total. The van der Waals surface area contributed by atoms with Gasteiger partial charge in [0, 0.05) is 17.4 Å². The van der Waals surface area contributed by atoms with Crippen molar-refractivity contribution >= 4 is 43.0 Å². The maximum Gasteiger partial charge on any atom is 0.261 e. The largest absolute Gasteiger partial charge is 0.454 e. The molecule has 1 aliphatic rings. The first-order valence-corrected chi connectivity index (χ1v) is 13.7. The molecule has 1 aliphatic heterocycles. The number of nitrogens with one attached hydrogen (secondary N) is 2. The van der Waals surface area contributed by atoms with Crippen LogP contribution in [0.25, 0.3) is 0 Å². The molecule has 12 heteroatoms. The molecule has 0 fully saturated rings. The first-order chi connectivity index (χ1) is 16.5. The predicted molar refractivity (Wildman–Crippen MR) is 132 cm³/mol. The molecule has 0 bridgehead atoms. The number of fused-ring (bicyclic) bond motifs is 1. The van der Waals surface area contributed by atoms with Gasteiger partial charge in [-0.3, -0.25) is 13.8 Å². The molecule has 1 amide bonds. The molecule has 3 aromatic rings. The van der Waals surface area contributed by atoms with Crippen LogP contribution in [-0.4, -0.2) is 42.3 Å². The maximum absolute atomic E-state index is 12.6. The van der Waals surface area contributed by atoms with Gasteiger partial charge in [-0.2, -0.15) is 0 Å². The second-order valence-corrected chi connectivity index (χ2v) is 11.4. The highest BCUT2D eigenvalue weighted by atomic mass is 32.2. The molecule has 10 nitrogen and oxygen atoms in total. The summed E-state index contributed by atoms with van der Waals surface area (Å²) in [5, 5.41) is 2.59. The van der Waals surface area contributed by atoms with Gasteiger partial charge in [0.25, 0.3) is 10.0 Å². The van der Waals surface area contributed by atoms with Crippen LogP contribution in [0.5, 0.6) is 11.5 Å². The summed E-state index contributed by atoms with van der Waals surface area (Å²) in [6.07, 6.45) is 0.992. The minimum atomic E-state index is -3.83. The average Bonchev–Trinajstić information content (AvgIpc) is 3.25. The van der Waals surface area contributed by atoms with Crippen molar-refractivity contribution in [3.63, 3.8) is 0 Å². The van der Waals surface area contributed by atoms with Gasteiger partial charge < -0.3 is 14.8 Å². The first kappa shape index (κ1) is 24.4. The van der Waals surface area contributed by atoms with E-state index in [2.05, 4.69) is 10.0 Å². The fraction of sp³-hybridized carbons (Fsp3) is 0.174. The van der Waals surface area contributed by atoms with Crippen molar-refractivity contribution < 1.29 is 31.1 Å². The van der Waals surface area contributed by atoms with E-state index in [9.17, 15) is 21.6 Å². The molecular formula is C23H23N3O7S2. The third kappa shape index (κ3) is 5.84. The Kier molecular flexibility index (Phi) is 6.59. The summed E-state index contributed by atoms with van der Waals surface area (Å²) < 4.78 is 64.0. The quantitative estimate of drug-likeness (QED) is 0.470. The smallest absolute Gasteiger partial charge is 0.261 e. The molecule has 0 unspecified atom stereocenters. The van der Waals surface area contributed by atoms with Gasteiger partial charge in [0.2, 0.25) is 22.7 Å². The van der Waals surface area contributed by atoms with E-state index in [-0.39, 0.29) is 17.4 Å². The number of sulfonamides is 2. The molecule has 3 aromatic carbocycles. The van der Waals surface area contributed by atoms with E-state index in [0.717, 1.165) is 16.1 Å². The number of ether oxygens (including phenoxy) is 2. The van der Waals surface area contributed by atoms with Crippen LogP contribution < -0.4 is 23.8 Å². The molecule has 35 heavy (non-hydrogen) atoms. The van der Waals surface area contributed by atoms with Gasteiger partial charge in [-0.25, -0.2) is 16.8 Å². The van der Waals surface area contributed by atoms with Crippen molar-refractivity contribution in [3.05, 3.63) is 72.3 Å². The summed E-state index contributed by atoms with van der Waals surface area (Å²) in [6, 6.07) is 17.1. The fourth-order valence-corrected chi connectivity index (χ4v) is 5.31. The minimum Gasteiger partial charge on any atom is -0.454 e. The van der Waals surface area contributed by atoms with Gasteiger partial charge in [-0.15, -0.1) is 0 Å². The van der Waals surface area contributed by atoms with Crippen LogP contribution in [0.15, 0.2) is 71.6 Å². The van der Waals surface area contributed by atoms with E-state index >= 15 is 0 Å². The van der Waals surface area contributed by atoms with Gasteiger partial charge in [0.05, 0.1) is 16.8 Å². The highest BCUT2D eigenvalue weighted by molar-refractivity contribution is 7.92. The summed E-state index contributed by atoms with van der Waals surface area (Å²) in [5.41, 5.74) is 1.90. The van der Waals surface area contributed by atoms with Crippen LogP contribution in [0.3, 0.4) is 0 Å². The van der Waals surface area contributed by atoms with Gasteiger partial charge in [0.15, 0.2) is 11.5 Å². The Morgan fingerprint density at radius 1 is 0.914 bits per heavy atom. The van der Waals surface area contributed by atoms with Crippen molar-refractivity contribution in [2.75, 3.05) is 33.9 Å². The Labute approximate surface area is 203 Å². The van der Waals surface area contributed by atoms with Crippen LogP contribution in [-0.2, 0) is 24.8 Å². The lowest BCUT2D eigenvalue weighted by atomic mass is 10.2. The number of carbonyl (C=O) groups is 1. The van der Waals surface area contributed by atoms with E-state index in [0.29, 0.717) is 22.9 Å². The number of aryl methyl sites for hydroxylation is 1. The molecule has 0 radical (unpaired) electrons. The van der Waals surface area contributed by atoms with Gasteiger partial charge in [-0.05, 0) is 61.0 Å². The summed E-state index contributed by atoms with van der Waals surface area (Å²) in [6.45, 7) is 1.39. The molecule has 0 spiro atoms. The summed E-state index contributed by atoms with van der Waals surface area (Å²) in [4.78, 5) is 12.6. The van der Waals surface area contributed by atoms with E-state index in [1.807, 2.05) is 13.0 Å². The number of benzene rings is 3. The van der Waals surface area contributed by atoms with Gasteiger partial charge in [-0.1, -0.05) is 12.1 Å². The third-order valence-electron chi connectivity index (χ3n) is 5.05. The second kappa shape index (κ2) is 9.47. The zero-order valence-corrected chi connectivity index (χ0v) is 20.5. The molecule has 0 saturated carbocycles. The van der Waals surface area contributed by atoms with Crippen LogP contribution in [0.1, 0.15) is 5.56 Å². The monoisotopic (exact) mass is 517 g/mol. The first-order valence-electron chi connectivity index (χ1n) is 10.4. The highest BCUT2D eigenvalue weighted by Gasteiger charge is 2.24. The number of hydrogen-bond acceptors (Lipinski definition) is 7. The average molecular weight is 518 g/mol. The van der Waals surface area contributed by atoms with Crippen LogP contribution in [0, 0.1) is 6.92 Å². The number of carbonyl (C=O) groups excluding carboxylic acids is 1. The maximum atomic E-state index is 12.6. The highest BCUT2D eigenvalue weighted by Crippen LogP contribution is 2.36. The van der Waals surface area contributed by atoms with E-state index in [1.54, 1.807) is 24.3 Å². The summed E-state index contributed by atoms with van der Waals surface area (Å²) in [7, 11) is -7.62. The Hall–Kier alpha value is -3.77. The Balaban J connectivity index is 1.45. The molecule has 4 rings (SSSR count). The molecule has 0 aliphatic carbocycles. The van der Waals surface area contributed by atoms with Crippen molar-refractivity contribution in [1.82, 2.24) is 0 Å². The van der Waals surface area contributed by atoms with Crippen molar-refractivity contribution in [2.45, 2.75) is 11.8 Å². The van der Waals surface area contributed by atoms with Crippen LogP contribution >= 0.6 is 0 Å². The fourth-order valence-electron chi connectivity index (χ4n) is 3.41. The van der Waals surface area contributed by atoms with E-state index in [4.69, 9.17) is 9.47 Å². The number of hydrogen-bond donors (Lipinski definition) is 2. The lowest BCUT2D eigenvalue weighted by Crippen LogP contribution is -2.37. The van der Waals surface area contributed by atoms with Gasteiger partial charge >= 0.3 is 0 Å². The topological polar surface area (TPSA) is 131 Å². The Morgan fingerprint density at radius 3 is 2.31 bits per heavy atom. The van der Waals surface area contributed by atoms with Crippen molar-refractivity contribution in [3.8, 4) is 11.5 Å². The minimum absolute atomic E-state index is 0.00938. The molecule has 1 heterocycles. The third-order valence-corrected chi connectivity index (χ3v) is 7.59. The molecule has 0 atom stereocenters. The zero-order chi connectivity index (χ0) is 25.2. The van der Waals surface area contributed by atoms with Crippen molar-refractivity contribution in [1.29, 1.82) is 0 Å². The lowest BCUT2D eigenvalue weighted by Gasteiger charge is -2.22. The Morgan fingerprint density at radius 2 is 1.63 bits per heavy atom. The molecule has 0 aromatic heterocycles. The lowest BCUT2D eigenvalue weighted by molar-refractivity contribution is -0.114. The Bertz CT molecular complexity index is 1470. The summed E-state index contributed by atoms with van der Waals surface area (Å²) in [5.74, 6) is 0.257. The summed E-state index contributed by atoms with van der Waals surface area (Å²) >= 11 is 0. The molecule has 0 saturated heterocycles. The number of amides is 1. The molecular weight excluding hydrogens is 494 g/mol. The number of rotatable bonds is 8. The number of nitrogens with zero attached hydrogens (tertiary/aromatic N) is 1. The van der Waals surface area contributed by atoms with E-state index < -0.39 is 32.5 Å². The van der Waals surface area contributed by atoms with Crippen LogP contribution in [0.4, 0.5) is 17.1 Å². The van der Waals surface area contributed by atoms with E-state index in [1.165, 1.54) is 36.4 Å². The predicted octanol–water partition coefficient (Wildman–Crippen LogP) is 2.93. The standard InChI is InChI=1S/C23H23N3O7S2/c1-16-4-3-5-18(12-16)25-35(30,31)20-9-6-17(7-10-20)24-23(27)14-26(34(2,28)29)19-8-11-21-22(13-19)33-15-32-21/h3-13,25H,14-15H2,1-2H3,(H,24,27).